The normalized spacial score (nSPS) is 15.0. The second-order valence-corrected chi connectivity index (χ2v) is 4.64. The molecule has 1 aliphatic heterocycles. The maximum Gasteiger partial charge on any atom is 0.125 e. The molecule has 0 bridgehead atoms. The monoisotopic (exact) mass is 196 g/mol. The summed E-state index contributed by atoms with van der Waals surface area (Å²) in [5.41, 5.74) is 2.16. The molecule has 0 atom stereocenters. The van der Waals surface area contributed by atoms with E-state index in [-0.39, 0.29) is 0 Å². The van der Waals surface area contributed by atoms with Crippen molar-refractivity contribution >= 4 is 28.2 Å². The van der Waals surface area contributed by atoms with Crippen LogP contribution in [0.2, 0.25) is 0 Å². The smallest absolute Gasteiger partial charge is 0.125 e. The van der Waals surface area contributed by atoms with E-state index in [1.807, 2.05) is 13.8 Å². The van der Waals surface area contributed by atoms with Gasteiger partial charge < -0.3 is 0 Å². The molecule has 0 N–H and O–H groups in total. The van der Waals surface area contributed by atoms with Gasteiger partial charge in [0.15, 0.2) is 0 Å². The summed E-state index contributed by atoms with van der Waals surface area (Å²) in [5.74, 6) is 0.844. The zero-order valence-electron chi connectivity index (χ0n) is 6.92. The van der Waals surface area contributed by atoms with Gasteiger partial charge in [0, 0.05) is 6.42 Å². The highest BCUT2D eigenvalue weighted by Crippen LogP contribution is 2.33. The zero-order chi connectivity index (χ0) is 8.72. The minimum absolute atomic E-state index is 0.833. The Morgan fingerprint density at radius 2 is 2.08 bits per heavy atom. The van der Waals surface area contributed by atoms with Crippen molar-refractivity contribution in [2.45, 2.75) is 25.2 Å². The fourth-order valence-electron chi connectivity index (χ4n) is 1.31. The Bertz CT molecular complexity index is 360. The molecule has 0 radical (unpaired) electrons. The van der Waals surface area contributed by atoms with Gasteiger partial charge in [-0.1, -0.05) is 24.0 Å². The molecule has 1 aromatic heterocycles. The first-order valence-corrected chi connectivity index (χ1v) is 4.94. The Kier molecular flexibility index (Phi) is 1.88. The van der Waals surface area contributed by atoms with E-state index >= 15 is 0 Å². The standard InChI is InChI=1S/C8H8N2S2/c1-4-8-6(3-7(11)12-8)10-5(2)9-4/h3H2,1-2H3. The second kappa shape index (κ2) is 2.78. The van der Waals surface area contributed by atoms with Crippen molar-refractivity contribution in [3.63, 3.8) is 0 Å². The van der Waals surface area contributed by atoms with E-state index in [1.165, 1.54) is 4.90 Å². The van der Waals surface area contributed by atoms with Crippen LogP contribution in [-0.4, -0.2) is 14.2 Å². The number of hydrogen-bond acceptors (Lipinski definition) is 4. The van der Waals surface area contributed by atoms with Crippen molar-refractivity contribution in [3.05, 3.63) is 17.2 Å². The Morgan fingerprint density at radius 3 is 2.83 bits per heavy atom. The molecule has 1 aromatic rings. The van der Waals surface area contributed by atoms with Crippen molar-refractivity contribution in [2.24, 2.45) is 0 Å². The molecule has 2 rings (SSSR count). The molecule has 0 unspecified atom stereocenters. The quantitative estimate of drug-likeness (QED) is 0.593. The Morgan fingerprint density at radius 1 is 1.33 bits per heavy atom. The first-order valence-electron chi connectivity index (χ1n) is 3.71. The summed E-state index contributed by atoms with van der Waals surface area (Å²) >= 11 is 6.75. The Hall–Kier alpha value is -0.480. The summed E-state index contributed by atoms with van der Waals surface area (Å²) in [7, 11) is 0. The highest BCUT2D eigenvalue weighted by atomic mass is 32.2. The van der Waals surface area contributed by atoms with Crippen LogP contribution in [0.15, 0.2) is 4.90 Å². The van der Waals surface area contributed by atoms with E-state index in [9.17, 15) is 0 Å². The summed E-state index contributed by atoms with van der Waals surface area (Å²) in [5, 5.41) is 0. The van der Waals surface area contributed by atoms with Gasteiger partial charge in [-0.05, 0) is 13.8 Å². The van der Waals surface area contributed by atoms with Crippen molar-refractivity contribution in [2.75, 3.05) is 0 Å². The van der Waals surface area contributed by atoms with Gasteiger partial charge in [0.05, 0.1) is 20.5 Å². The third-order valence-electron chi connectivity index (χ3n) is 1.74. The molecule has 2 nitrogen and oxygen atoms in total. The summed E-state index contributed by atoms with van der Waals surface area (Å²) in [4.78, 5) is 9.81. The van der Waals surface area contributed by atoms with Crippen LogP contribution in [-0.2, 0) is 6.42 Å². The van der Waals surface area contributed by atoms with E-state index in [0.717, 1.165) is 27.8 Å². The highest BCUT2D eigenvalue weighted by Gasteiger charge is 2.20. The molecule has 0 amide bonds. The van der Waals surface area contributed by atoms with E-state index < -0.39 is 0 Å². The van der Waals surface area contributed by atoms with E-state index in [4.69, 9.17) is 12.2 Å². The van der Waals surface area contributed by atoms with Crippen molar-refractivity contribution < 1.29 is 0 Å². The number of rotatable bonds is 0. The molecule has 0 saturated carbocycles. The molecule has 12 heavy (non-hydrogen) atoms. The van der Waals surface area contributed by atoms with Gasteiger partial charge in [-0.3, -0.25) is 0 Å². The van der Waals surface area contributed by atoms with Crippen LogP contribution in [0.3, 0.4) is 0 Å². The van der Waals surface area contributed by atoms with Crippen molar-refractivity contribution in [1.82, 2.24) is 9.97 Å². The van der Waals surface area contributed by atoms with Gasteiger partial charge in [0.2, 0.25) is 0 Å². The number of fused-ring (bicyclic) bond motifs is 1. The molecule has 0 fully saturated rings. The minimum Gasteiger partial charge on any atom is -0.237 e. The van der Waals surface area contributed by atoms with Crippen LogP contribution < -0.4 is 0 Å². The molecule has 4 heteroatoms. The predicted octanol–water partition coefficient (Wildman–Crippen LogP) is 2.07. The maximum atomic E-state index is 5.12. The van der Waals surface area contributed by atoms with Gasteiger partial charge in [-0.25, -0.2) is 9.97 Å². The number of thiocarbonyl (C=S) groups is 1. The van der Waals surface area contributed by atoms with Crippen LogP contribution in [0.5, 0.6) is 0 Å². The molecule has 0 saturated heterocycles. The molecule has 0 aliphatic carbocycles. The van der Waals surface area contributed by atoms with Crippen molar-refractivity contribution in [3.8, 4) is 0 Å². The first kappa shape index (κ1) is 8.13. The van der Waals surface area contributed by atoms with Crippen LogP contribution in [0.25, 0.3) is 0 Å². The van der Waals surface area contributed by atoms with Gasteiger partial charge in [-0.2, -0.15) is 0 Å². The zero-order valence-corrected chi connectivity index (χ0v) is 8.55. The molecule has 2 heterocycles. The summed E-state index contributed by atoms with van der Waals surface area (Å²) in [6.07, 6.45) is 0.833. The molecule has 0 aromatic carbocycles. The molecular weight excluding hydrogens is 188 g/mol. The first-order chi connectivity index (χ1) is 5.66. The molecule has 1 aliphatic rings. The van der Waals surface area contributed by atoms with Gasteiger partial charge >= 0.3 is 0 Å². The number of nitrogens with zero attached hydrogens (tertiary/aromatic N) is 2. The van der Waals surface area contributed by atoms with Gasteiger partial charge in [0.1, 0.15) is 5.82 Å². The third kappa shape index (κ3) is 1.25. The lowest BCUT2D eigenvalue weighted by Crippen LogP contribution is -1.97. The van der Waals surface area contributed by atoms with E-state index in [0.29, 0.717) is 0 Å². The lowest BCUT2D eigenvalue weighted by molar-refractivity contribution is 0.913. The number of aryl methyl sites for hydroxylation is 2. The number of aromatic nitrogens is 2. The van der Waals surface area contributed by atoms with Crippen LogP contribution in [0.4, 0.5) is 0 Å². The lowest BCUT2D eigenvalue weighted by Gasteiger charge is -2.00. The van der Waals surface area contributed by atoms with Crippen LogP contribution in [0, 0.1) is 13.8 Å². The highest BCUT2D eigenvalue weighted by molar-refractivity contribution is 8.23. The summed E-state index contributed by atoms with van der Waals surface area (Å²) < 4.78 is 1.01. The van der Waals surface area contributed by atoms with Crippen LogP contribution in [0.1, 0.15) is 17.2 Å². The van der Waals surface area contributed by atoms with E-state index in [2.05, 4.69) is 9.97 Å². The lowest BCUT2D eigenvalue weighted by atomic mass is 10.3. The third-order valence-corrected chi connectivity index (χ3v) is 3.25. The Balaban J connectivity index is 2.59. The molecular formula is C8H8N2S2. The average molecular weight is 196 g/mol. The maximum absolute atomic E-state index is 5.12. The van der Waals surface area contributed by atoms with Gasteiger partial charge in [0.25, 0.3) is 0 Å². The predicted molar refractivity (Wildman–Crippen MR) is 53.7 cm³/mol. The van der Waals surface area contributed by atoms with Crippen LogP contribution >= 0.6 is 24.0 Å². The fraction of sp³-hybridized carbons (Fsp3) is 0.375. The second-order valence-electron chi connectivity index (χ2n) is 2.78. The molecule has 0 spiro atoms. The van der Waals surface area contributed by atoms with E-state index in [1.54, 1.807) is 11.8 Å². The summed E-state index contributed by atoms with van der Waals surface area (Å²) in [6.45, 7) is 3.92. The van der Waals surface area contributed by atoms with Crippen molar-refractivity contribution in [1.29, 1.82) is 0 Å². The topological polar surface area (TPSA) is 25.8 Å². The molecule has 62 valence electrons. The number of hydrogen-bond donors (Lipinski definition) is 0. The number of thioether (sulfide) groups is 1. The summed E-state index contributed by atoms with van der Waals surface area (Å²) in [6, 6.07) is 0. The minimum atomic E-state index is 0.833. The largest absolute Gasteiger partial charge is 0.237 e. The fourth-order valence-corrected chi connectivity index (χ4v) is 2.56. The van der Waals surface area contributed by atoms with Gasteiger partial charge in [-0.15, -0.1) is 0 Å². The Labute approximate surface area is 80.8 Å². The average Bonchev–Trinajstić information content (AvgIpc) is 2.29. The SMILES string of the molecule is Cc1nc(C)c2c(n1)CC(=S)S2.